The minimum Gasteiger partial charge on any atom is -0.387 e. The molecule has 0 aliphatic carbocycles. The minimum atomic E-state index is -9.56. The lowest BCUT2D eigenvalue weighted by Gasteiger charge is -2.41. The number of rotatable bonds is 2. The first-order valence-corrected chi connectivity index (χ1v) is 5.50. The van der Waals surface area contributed by atoms with Crippen molar-refractivity contribution in [2.24, 2.45) is 0 Å². The Labute approximate surface area is 77.6 Å². The molecule has 1 N–H and O–H groups in total. The molecule has 0 saturated carbocycles. The summed E-state index contributed by atoms with van der Waals surface area (Å²) in [7, 11) is -8.41. The van der Waals surface area contributed by atoms with E-state index in [0.717, 1.165) is 19.2 Å². The summed E-state index contributed by atoms with van der Waals surface area (Å²) in [5, 5.41) is 2.08. The Bertz CT molecular complexity index is 357. The van der Waals surface area contributed by atoms with Crippen LogP contribution in [0, 0.1) is 0 Å². The van der Waals surface area contributed by atoms with Gasteiger partial charge in [0.1, 0.15) is 4.90 Å². The molecule has 0 aromatic heterocycles. The second-order valence-electron chi connectivity index (χ2n) is 2.72. The maximum atomic E-state index is 12.4. The van der Waals surface area contributed by atoms with Gasteiger partial charge in [0, 0.05) is 7.05 Å². The van der Waals surface area contributed by atoms with E-state index in [2.05, 4.69) is 5.32 Å². The van der Waals surface area contributed by atoms with Crippen LogP contribution in [0.3, 0.4) is 0 Å². The summed E-state index contributed by atoms with van der Waals surface area (Å²) in [4.78, 5) is -1.88. The highest BCUT2D eigenvalue weighted by Crippen LogP contribution is 3.02. The molecule has 0 saturated heterocycles. The Kier molecular flexibility index (Phi) is 1.85. The smallest absolute Gasteiger partial charge is 0.312 e. The zero-order chi connectivity index (χ0) is 11.1. The first kappa shape index (κ1) is 11.1. The van der Waals surface area contributed by atoms with Gasteiger partial charge in [-0.05, 0) is 12.1 Å². The van der Waals surface area contributed by atoms with Crippen LogP contribution in [0.25, 0.3) is 0 Å². The Hall–Kier alpha value is -0.980. The molecule has 7 heteroatoms. The van der Waals surface area contributed by atoms with E-state index in [1.807, 2.05) is 0 Å². The number of hydrogen-bond acceptors (Lipinski definition) is 1. The van der Waals surface area contributed by atoms with Gasteiger partial charge in [-0.3, -0.25) is 0 Å². The first-order valence-electron chi connectivity index (χ1n) is 3.55. The van der Waals surface area contributed by atoms with Crippen molar-refractivity contribution in [2.75, 3.05) is 12.4 Å². The number of anilines is 1. The number of halogens is 5. The fraction of sp³-hybridized carbons (Fsp3) is 0.143. The number of nitrogens with one attached hydrogen (secondary N) is 1. The Balaban J connectivity index is 3.49. The van der Waals surface area contributed by atoms with E-state index in [0.29, 0.717) is 6.07 Å². The van der Waals surface area contributed by atoms with Crippen molar-refractivity contribution in [1.29, 1.82) is 0 Å². The van der Waals surface area contributed by atoms with Crippen molar-refractivity contribution >= 4 is 15.9 Å². The average Bonchev–Trinajstić information content (AvgIpc) is 2.00. The van der Waals surface area contributed by atoms with Gasteiger partial charge in [-0.15, -0.1) is 0 Å². The number of benzene rings is 1. The quantitative estimate of drug-likeness (QED) is 0.747. The molecular formula is C7H8F5NS. The molecule has 0 radical (unpaired) electrons. The minimum absolute atomic E-state index is 0.368. The maximum Gasteiger partial charge on any atom is 0.312 e. The zero-order valence-electron chi connectivity index (χ0n) is 7.11. The summed E-state index contributed by atoms with van der Waals surface area (Å²) < 4.78 is 61.8. The van der Waals surface area contributed by atoms with Crippen molar-refractivity contribution < 1.29 is 19.4 Å². The molecule has 1 rings (SSSR count). The molecule has 1 aromatic rings. The highest BCUT2D eigenvalue weighted by molar-refractivity contribution is 8.45. The van der Waals surface area contributed by atoms with Crippen molar-refractivity contribution in [3.8, 4) is 0 Å². The topological polar surface area (TPSA) is 12.0 Å². The molecule has 14 heavy (non-hydrogen) atoms. The van der Waals surface area contributed by atoms with Gasteiger partial charge >= 0.3 is 10.2 Å². The summed E-state index contributed by atoms with van der Waals surface area (Å²) in [5.74, 6) is 0. The van der Waals surface area contributed by atoms with E-state index in [-0.39, 0.29) is 0 Å². The van der Waals surface area contributed by atoms with E-state index in [1.165, 1.54) is 6.07 Å². The van der Waals surface area contributed by atoms with Crippen LogP contribution in [-0.4, -0.2) is 7.05 Å². The average molecular weight is 233 g/mol. The molecule has 0 heterocycles. The van der Waals surface area contributed by atoms with Crippen LogP contribution in [-0.2, 0) is 0 Å². The van der Waals surface area contributed by atoms with Gasteiger partial charge < -0.3 is 5.32 Å². The van der Waals surface area contributed by atoms with Gasteiger partial charge in [0.05, 0.1) is 5.69 Å². The Morgan fingerprint density at radius 1 is 1.00 bits per heavy atom. The van der Waals surface area contributed by atoms with Gasteiger partial charge in [0.2, 0.25) is 0 Å². The van der Waals surface area contributed by atoms with Crippen molar-refractivity contribution in [3.63, 3.8) is 0 Å². The predicted octanol–water partition coefficient (Wildman–Crippen LogP) is 4.39. The van der Waals surface area contributed by atoms with Crippen LogP contribution < -0.4 is 5.32 Å². The number of para-hydroxylation sites is 1. The second-order valence-corrected chi connectivity index (χ2v) is 5.09. The highest BCUT2D eigenvalue weighted by Gasteiger charge is 2.66. The van der Waals surface area contributed by atoms with Crippen LogP contribution in [0.4, 0.5) is 25.1 Å². The van der Waals surface area contributed by atoms with E-state index < -0.39 is 20.8 Å². The lowest BCUT2D eigenvalue weighted by molar-refractivity contribution is 0.364. The van der Waals surface area contributed by atoms with Crippen molar-refractivity contribution in [1.82, 2.24) is 0 Å². The zero-order valence-corrected chi connectivity index (χ0v) is 7.92. The third-order valence-electron chi connectivity index (χ3n) is 1.57. The molecule has 0 aliphatic rings. The summed E-state index contributed by atoms with van der Waals surface area (Å²) in [6, 6.07) is 3.49. The monoisotopic (exact) mass is 233 g/mol. The van der Waals surface area contributed by atoms with Crippen molar-refractivity contribution in [2.45, 2.75) is 4.90 Å². The molecule has 0 bridgehead atoms. The van der Waals surface area contributed by atoms with E-state index >= 15 is 0 Å². The molecule has 0 unspecified atom stereocenters. The standard InChI is InChI=1S/C7H8F5NS/c1-13-6-4-2-3-5-7(6)14(8,9,10,11)12/h2-5,13H,1H3. The summed E-state index contributed by atoms with van der Waals surface area (Å²) in [6.07, 6.45) is 0. The summed E-state index contributed by atoms with van der Waals surface area (Å²) in [6.45, 7) is 0. The molecule has 0 amide bonds. The summed E-state index contributed by atoms with van der Waals surface area (Å²) in [5.41, 5.74) is -0.619. The second kappa shape index (κ2) is 2.33. The third-order valence-corrected chi connectivity index (χ3v) is 2.76. The van der Waals surface area contributed by atoms with Crippen LogP contribution in [0.1, 0.15) is 0 Å². The molecular weight excluding hydrogens is 225 g/mol. The highest BCUT2D eigenvalue weighted by atomic mass is 32.5. The van der Waals surface area contributed by atoms with E-state index in [4.69, 9.17) is 0 Å². The van der Waals surface area contributed by atoms with Crippen LogP contribution in [0.15, 0.2) is 29.2 Å². The Morgan fingerprint density at radius 2 is 1.50 bits per heavy atom. The lowest BCUT2D eigenvalue weighted by Crippen LogP contribution is -2.08. The molecule has 82 valence electrons. The predicted molar refractivity (Wildman–Crippen MR) is 47.4 cm³/mol. The van der Waals surface area contributed by atoms with Gasteiger partial charge in [-0.1, -0.05) is 31.6 Å². The molecule has 0 atom stereocenters. The van der Waals surface area contributed by atoms with Crippen LogP contribution in [0.5, 0.6) is 0 Å². The molecule has 0 spiro atoms. The van der Waals surface area contributed by atoms with E-state index in [1.54, 1.807) is 0 Å². The summed E-state index contributed by atoms with van der Waals surface area (Å²) >= 11 is 0. The van der Waals surface area contributed by atoms with Gasteiger partial charge in [-0.25, -0.2) is 0 Å². The number of hydrogen-bond donors (Lipinski definition) is 1. The van der Waals surface area contributed by atoms with Gasteiger partial charge in [-0.2, -0.15) is 0 Å². The first-order chi connectivity index (χ1) is 6.04. The van der Waals surface area contributed by atoms with Crippen LogP contribution in [0.2, 0.25) is 0 Å². The fourth-order valence-electron chi connectivity index (χ4n) is 1.01. The Morgan fingerprint density at radius 3 is 1.86 bits per heavy atom. The van der Waals surface area contributed by atoms with Crippen LogP contribution >= 0.6 is 10.2 Å². The molecule has 0 aliphatic heterocycles. The van der Waals surface area contributed by atoms with Crippen molar-refractivity contribution in [3.05, 3.63) is 24.3 Å². The van der Waals surface area contributed by atoms with Gasteiger partial charge in [0.25, 0.3) is 0 Å². The maximum absolute atomic E-state index is 12.4. The SMILES string of the molecule is CNc1ccccc1S(F)(F)(F)(F)F. The molecule has 1 aromatic carbocycles. The fourth-order valence-corrected chi connectivity index (χ4v) is 1.93. The normalized spacial score (nSPS) is 17.0. The lowest BCUT2D eigenvalue weighted by atomic mass is 10.3. The van der Waals surface area contributed by atoms with E-state index in [9.17, 15) is 19.4 Å². The largest absolute Gasteiger partial charge is 0.387 e. The van der Waals surface area contributed by atoms with Gasteiger partial charge in [0.15, 0.2) is 0 Å². The third kappa shape index (κ3) is 2.28. The molecule has 1 nitrogen and oxygen atoms in total. The molecule has 0 fully saturated rings.